The van der Waals surface area contributed by atoms with Gasteiger partial charge in [0.2, 0.25) is 11.8 Å². The molecule has 0 saturated heterocycles. The number of carbonyl (C=O) groups is 2. The van der Waals surface area contributed by atoms with E-state index < -0.39 is 28.5 Å². The molecular weight excluding hydrogens is 498 g/mol. The van der Waals surface area contributed by atoms with Crippen LogP contribution in [0.5, 0.6) is 0 Å². The maximum absolute atomic E-state index is 13.9. The van der Waals surface area contributed by atoms with Crippen LogP contribution in [-0.2, 0) is 26.2 Å². The Bertz CT molecular complexity index is 1340. The van der Waals surface area contributed by atoms with Crippen LogP contribution in [0, 0.1) is 13.8 Å². The minimum absolute atomic E-state index is 0.0529. The van der Waals surface area contributed by atoms with Crippen molar-refractivity contribution in [1.29, 1.82) is 0 Å². The highest BCUT2D eigenvalue weighted by Crippen LogP contribution is 2.25. The molecule has 3 aromatic rings. The highest BCUT2D eigenvalue weighted by molar-refractivity contribution is 7.92. The molecule has 8 heteroatoms. The van der Waals surface area contributed by atoms with Gasteiger partial charge in [-0.25, -0.2) is 8.42 Å². The van der Waals surface area contributed by atoms with E-state index in [1.54, 1.807) is 49.4 Å². The summed E-state index contributed by atoms with van der Waals surface area (Å²) in [7, 11) is -4.06. The molecule has 2 atom stereocenters. The lowest BCUT2D eigenvalue weighted by atomic mass is 10.1. The summed E-state index contributed by atoms with van der Waals surface area (Å²) in [5.74, 6) is -0.755. The molecule has 3 rings (SSSR count). The number of nitrogens with zero attached hydrogens (tertiary/aromatic N) is 2. The van der Waals surface area contributed by atoms with Crippen LogP contribution in [0.1, 0.15) is 43.9 Å². The zero-order valence-electron chi connectivity index (χ0n) is 22.7. The van der Waals surface area contributed by atoms with Gasteiger partial charge >= 0.3 is 0 Å². The van der Waals surface area contributed by atoms with Crippen LogP contribution >= 0.6 is 0 Å². The van der Waals surface area contributed by atoms with E-state index in [1.807, 2.05) is 52.0 Å². The summed E-state index contributed by atoms with van der Waals surface area (Å²) in [6.07, 6.45) is 0.751. The van der Waals surface area contributed by atoms with Gasteiger partial charge in [0.25, 0.3) is 10.0 Å². The van der Waals surface area contributed by atoms with Gasteiger partial charge in [0.15, 0.2) is 0 Å². The van der Waals surface area contributed by atoms with Crippen LogP contribution in [0.2, 0.25) is 0 Å². The second kappa shape index (κ2) is 12.7. The molecule has 7 nitrogen and oxygen atoms in total. The van der Waals surface area contributed by atoms with Crippen LogP contribution < -0.4 is 9.62 Å². The minimum atomic E-state index is -4.06. The number of rotatable bonds is 11. The van der Waals surface area contributed by atoms with Crippen molar-refractivity contribution < 1.29 is 18.0 Å². The van der Waals surface area contributed by atoms with Gasteiger partial charge in [0.05, 0.1) is 10.6 Å². The Labute approximate surface area is 226 Å². The molecule has 0 spiro atoms. The Balaban J connectivity index is 2.02. The van der Waals surface area contributed by atoms with Gasteiger partial charge in [-0.05, 0) is 69.5 Å². The maximum atomic E-state index is 13.9. The standard InChI is InChI=1S/C30H37N3O4S/c1-6-24(4)31-30(35)25(5)32(20-26-13-11-10-12-23(26)3)29(34)21-33(27-18-16-22(2)17-19-27)38(36,37)28-14-8-7-9-15-28/h7-19,24-25H,6,20-21H2,1-5H3,(H,31,35)/t24-,25+/m0/s1. The fraction of sp³-hybridized carbons (Fsp3) is 0.333. The Morgan fingerprint density at radius 1 is 0.868 bits per heavy atom. The van der Waals surface area contributed by atoms with Gasteiger partial charge in [0, 0.05) is 12.6 Å². The second-order valence-electron chi connectivity index (χ2n) is 9.60. The SMILES string of the molecule is CC[C@H](C)NC(=O)[C@@H](C)N(Cc1ccccc1C)C(=O)CN(c1ccc(C)cc1)S(=O)(=O)c1ccccc1. The highest BCUT2D eigenvalue weighted by Gasteiger charge is 2.32. The van der Waals surface area contributed by atoms with Crippen LogP contribution in [0.25, 0.3) is 0 Å². The fourth-order valence-corrected chi connectivity index (χ4v) is 5.41. The molecule has 3 aromatic carbocycles. The third kappa shape index (κ3) is 7.01. The predicted molar refractivity (Wildman–Crippen MR) is 151 cm³/mol. The van der Waals surface area contributed by atoms with Crippen LogP contribution in [0.3, 0.4) is 0 Å². The normalized spacial score (nSPS) is 12.9. The quantitative estimate of drug-likeness (QED) is 0.381. The summed E-state index contributed by atoms with van der Waals surface area (Å²) < 4.78 is 28.6. The number of benzene rings is 3. The topological polar surface area (TPSA) is 86.8 Å². The van der Waals surface area contributed by atoms with Crippen molar-refractivity contribution in [3.05, 3.63) is 95.6 Å². The van der Waals surface area contributed by atoms with Crippen molar-refractivity contribution in [2.75, 3.05) is 10.8 Å². The van der Waals surface area contributed by atoms with Crippen molar-refractivity contribution in [1.82, 2.24) is 10.2 Å². The Hall–Kier alpha value is -3.65. The van der Waals surface area contributed by atoms with E-state index in [0.717, 1.165) is 27.4 Å². The average molecular weight is 536 g/mol. The molecule has 0 heterocycles. The van der Waals surface area contributed by atoms with Crippen LogP contribution in [0.15, 0.2) is 83.8 Å². The largest absolute Gasteiger partial charge is 0.352 e. The summed E-state index contributed by atoms with van der Waals surface area (Å²) in [5.41, 5.74) is 3.21. The average Bonchev–Trinajstić information content (AvgIpc) is 2.91. The summed E-state index contributed by atoms with van der Waals surface area (Å²) in [6, 6.07) is 21.8. The minimum Gasteiger partial charge on any atom is -0.352 e. The molecule has 0 bridgehead atoms. The first-order chi connectivity index (χ1) is 18.0. The number of anilines is 1. The molecule has 38 heavy (non-hydrogen) atoms. The summed E-state index contributed by atoms with van der Waals surface area (Å²) in [4.78, 5) is 28.6. The molecule has 0 aliphatic heterocycles. The number of aryl methyl sites for hydroxylation is 2. The zero-order chi connectivity index (χ0) is 27.9. The van der Waals surface area contributed by atoms with Crippen molar-refractivity contribution in [2.24, 2.45) is 0 Å². The van der Waals surface area contributed by atoms with Gasteiger partial charge in [-0.2, -0.15) is 0 Å². The van der Waals surface area contributed by atoms with Gasteiger partial charge in [0.1, 0.15) is 12.6 Å². The first kappa shape index (κ1) is 28.9. The lowest BCUT2D eigenvalue weighted by Gasteiger charge is -2.32. The number of amides is 2. The third-order valence-electron chi connectivity index (χ3n) is 6.70. The first-order valence-electron chi connectivity index (χ1n) is 12.8. The van der Waals surface area contributed by atoms with Crippen molar-refractivity contribution in [3.63, 3.8) is 0 Å². The van der Waals surface area contributed by atoms with Gasteiger partial charge in [-0.3, -0.25) is 13.9 Å². The van der Waals surface area contributed by atoms with Crippen molar-refractivity contribution >= 4 is 27.5 Å². The lowest BCUT2D eigenvalue weighted by molar-refractivity contribution is -0.139. The number of hydrogen-bond acceptors (Lipinski definition) is 4. The number of carbonyl (C=O) groups excluding carboxylic acids is 2. The molecule has 0 unspecified atom stereocenters. The number of hydrogen-bond donors (Lipinski definition) is 1. The fourth-order valence-electron chi connectivity index (χ4n) is 3.98. The summed E-state index contributed by atoms with van der Waals surface area (Å²) >= 11 is 0. The molecular formula is C30H37N3O4S. The van der Waals surface area contributed by atoms with E-state index >= 15 is 0 Å². The predicted octanol–water partition coefficient (Wildman–Crippen LogP) is 4.83. The molecule has 2 amide bonds. The van der Waals surface area contributed by atoms with Crippen molar-refractivity contribution in [3.8, 4) is 0 Å². The van der Waals surface area contributed by atoms with Gasteiger partial charge < -0.3 is 10.2 Å². The van der Waals surface area contributed by atoms with E-state index in [2.05, 4.69) is 5.32 Å². The summed E-state index contributed by atoms with van der Waals surface area (Å²) in [6.45, 7) is 9.13. The molecule has 0 aliphatic carbocycles. The first-order valence-corrected chi connectivity index (χ1v) is 14.3. The number of nitrogens with one attached hydrogen (secondary N) is 1. The van der Waals surface area contributed by atoms with Gasteiger partial charge in [-0.1, -0.05) is 67.1 Å². The molecule has 0 saturated carbocycles. The zero-order valence-corrected chi connectivity index (χ0v) is 23.5. The van der Waals surface area contributed by atoms with E-state index in [4.69, 9.17) is 0 Å². The van der Waals surface area contributed by atoms with Gasteiger partial charge in [-0.15, -0.1) is 0 Å². The smallest absolute Gasteiger partial charge is 0.264 e. The van der Waals surface area contributed by atoms with Crippen LogP contribution in [0.4, 0.5) is 5.69 Å². The maximum Gasteiger partial charge on any atom is 0.264 e. The van der Waals surface area contributed by atoms with E-state index in [9.17, 15) is 18.0 Å². The Morgan fingerprint density at radius 3 is 2.08 bits per heavy atom. The Kier molecular flexibility index (Phi) is 9.69. The number of sulfonamides is 1. The van der Waals surface area contributed by atoms with E-state index in [-0.39, 0.29) is 23.4 Å². The summed E-state index contributed by atoms with van der Waals surface area (Å²) in [5, 5.41) is 2.95. The van der Waals surface area contributed by atoms with E-state index in [0.29, 0.717) is 5.69 Å². The second-order valence-corrected chi connectivity index (χ2v) is 11.5. The molecule has 0 aromatic heterocycles. The molecule has 1 N–H and O–H groups in total. The molecule has 0 aliphatic rings. The third-order valence-corrected chi connectivity index (χ3v) is 8.49. The molecule has 0 radical (unpaired) electrons. The highest BCUT2D eigenvalue weighted by atomic mass is 32.2. The van der Waals surface area contributed by atoms with Crippen LogP contribution in [-0.4, -0.2) is 43.8 Å². The lowest BCUT2D eigenvalue weighted by Crippen LogP contribution is -2.52. The Morgan fingerprint density at radius 2 is 1.47 bits per heavy atom. The molecule has 0 fully saturated rings. The van der Waals surface area contributed by atoms with E-state index in [1.165, 1.54) is 17.0 Å². The molecule has 202 valence electrons. The van der Waals surface area contributed by atoms with Crippen molar-refractivity contribution in [2.45, 2.75) is 64.6 Å². The monoisotopic (exact) mass is 535 g/mol.